The number of nitrogens with zero attached hydrogens (tertiary/aromatic N) is 6. The number of nitrogens with two attached hydrogens (primary N) is 1. The molecule has 12 aromatic rings. The van der Waals surface area contributed by atoms with Crippen LogP contribution in [0, 0.1) is 0 Å². The fourth-order valence-electron chi connectivity index (χ4n) is 11.2. The molecule has 0 radical (unpaired) electrons. The maximum atomic E-state index is 13.6. The number of pyridine rings is 4. The molecule has 468 valence electrons. The molecule has 0 fully saturated rings. The molecular formula is C72H59Cl5N10O6. The third kappa shape index (κ3) is 14.6. The van der Waals surface area contributed by atoms with E-state index >= 15 is 0 Å². The summed E-state index contributed by atoms with van der Waals surface area (Å²) in [6.45, 7) is 0. The zero-order chi connectivity index (χ0) is 65.5. The fraction of sp³-hybridized carbons (Fsp3) is 0.111. The van der Waals surface area contributed by atoms with Crippen LogP contribution in [0.15, 0.2) is 256 Å². The van der Waals surface area contributed by atoms with Crippen molar-refractivity contribution in [2.45, 2.75) is 36.0 Å². The van der Waals surface area contributed by atoms with Gasteiger partial charge in [0, 0.05) is 73.8 Å². The molecule has 0 saturated carbocycles. The first-order valence-electron chi connectivity index (χ1n) is 29.0. The third-order valence-corrected chi connectivity index (χ3v) is 16.8. The number of ether oxygens (including phenoxy) is 2. The van der Waals surface area contributed by atoms with Gasteiger partial charge in [0.05, 0.1) is 67.9 Å². The first-order chi connectivity index (χ1) is 45.2. The number of hydrogen-bond acceptors (Lipinski definition) is 13. The lowest BCUT2D eigenvalue weighted by Gasteiger charge is -2.39. The van der Waals surface area contributed by atoms with Gasteiger partial charge in [0.15, 0.2) is 11.3 Å². The molecule has 0 unspecified atom stereocenters. The first-order valence-corrected chi connectivity index (χ1v) is 30.9. The van der Waals surface area contributed by atoms with Crippen molar-refractivity contribution in [2.24, 2.45) is 0 Å². The molecule has 0 aliphatic heterocycles. The minimum Gasteiger partial charge on any atom is -0.468 e. The van der Waals surface area contributed by atoms with Crippen LogP contribution in [0.1, 0.15) is 65.5 Å². The molecule has 6 aromatic heterocycles. The molecule has 16 nitrogen and oxygen atoms in total. The van der Waals surface area contributed by atoms with E-state index in [0.29, 0.717) is 29.1 Å². The van der Waals surface area contributed by atoms with Gasteiger partial charge in [0.1, 0.15) is 12.1 Å². The lowest BCUT2D eigenvalue weighted by molar-refractivity contribution is -0.144. The predicted octanol–water partition coefficient (Wildman–Crippen LogP) is 14.3. The van der Waals surface area contributed by atoms with Gasteiger partial charge in [-0.3, -0.25) is 39.8 Å². The van der Waals surface area contributed by atoms with Crippen LogP contribution in [0.2, 0.25) is 20.1 Å². The number of carbonyl (C=O) groups is 4. The Kier molecular flexibility index (Phi) is 21.8. The van der Waals surface area contributed by atoms with Gasteiger partial charge in [0.25, 0.3) is 11.1 Å². The van der Waals surface area contributed by atoms with E-state index in [0.717, 1.165) is 44.8 Å². The summed E-state index contributed by atoms with van der Waals surface area (Å²) in [7, 11) is 2.80. The number of halogens is 5. The maximum absolute atomic E-state index is 13.6. The van der Waals surface area contributed by atoms with E-state index in [4.69, 9.17) is 73.2 Å². The Morgan fingerprint density at radius 2 is 0.785 bits per heavy atom. The molecule has 0 spiro atoms. The Hall–Kier alpha value is -9.75. The van der Waals surface area contributed by atoms with Gasteiger partial charge in [-0.25, -0.2) is 9.97 Å². The number of amides is 1. The highest BCUT2D eigenvalue weighted by Gasteiger charge is 2.42. The van der Waals surface area contributed by atoms with Crippen LogP contribution in [0.5, 0.6) is 0 Å². The van der Waals surface area contributed by atoms with Crippen LogP contribution >= 0.6 is 58.0 Å². The van der Waals surface area contributed by atoms with Crippen LogP contribution < -0.4 is 21.7 Å². The molecule has 0 saturated heterocycles. The monoisotopic (exact) mass is 1330 g/mol. The van der Waals surface area contributed by atoms with Crippen molar-refractivity contribution < 1.29 is 28.7 Å². The Bertz CT molecular complexity index is 4300. The minimum atomic E-state index is -0.909. The number of anilines is 2. The van der Waals surface area contributed by atoms with Crippen LogP contribution in [0.3, 0.4) is 0 Å². The standard InChI is InChI=1S/C36H29Cl2N5O3.C30H28N4O2.C6H2Cl3NO/c1-46-35(45)31(42-36(24-11-5-2-6-12-24,25-13-7-3-8-14-25)26-15-9-4-10-16-26)21-27-17-18-30(33-40-19-20-43(27)33)41-34(44)32-28(37)22-39-23-29(32)38;1-36-29(35)27(21-25-17-18-26(31)28-32-19-20-34(25)28)33-30(22-11-5-2-6-12-22,23-13-7-3-8-14-23)24-15-9-4-10-16-24;7-3-1-10-2-4(8)5(3)6(9)11/h2-20,22-23,31,42H,21H2,1H3,(H,41,44);2-20,27,33H,21,31H2,1H3;1-2H/t31-;27-;/m00./s1. The molecule has 1 amide bonds. The number of esters is 2. The summed E-state index contributed by atoms with van der Waals surface area (Å²) >= 11 is 28.8. The molecule has 6 heterocycles. The number of aromatic nitrogens is 6. The zero-order valence-corrected chi connectivity index (χ0v) is 53.7. The van der Waals surface area contributed by atoms with Crippen molar-refractivity contribution in [1.82, 2.24) is 39.4 Å². The van der Waals surface area contributed by atoms with Gasteiger partial charge < -0.3 is 29.3 Å². The molecule has 2 atom stereocenters. The summed E-state index contributed by atoms with van der Waals surface area (Å²) in [5, 5.41) is 10.3. The topological polar surface area (TPSA) is 209 Å². The normalized spacial score (nSPS) is 11.9. The van der Waals surface area contributed by atoms with E-state index in [2.05, 4.69) is 72.3 Å². The van der Waals surface area contributed by atoms with Crippen LogP contribution in [-0.4, -0.2) is 78.1 Å². The zero-order valence-electron chi connectivity index (χ0n) is 49.9. The number of nitrogens with one attached hydrogen (secondary N) is 3. The van der Waals surface area contributed by atoms with Crippen molar-refractivity contribution in [3.63, 3.8) is 0 Å². The van der Waals surface area contributed by atoms with E-state index in [1.807, 2.05) is 179 Å². The predicted molar refractivity (Wildman–Crippen MR) is 365 cm³/mol. The van der Waals surface area contributed by atoms with Crippen molar-refractivity contribution in [2.75, 3.05) is 25.3 Å². The number of carbonyl (C=O) groups excluding carboxylic acids is 4. The van der Waals surface area contributed by atoms with E-state index in [1.54, 1.807) is 24.7 Å². The largest absolute Gasteiger partial charge is 0.468 e. The lowest BCUT2D eigenvalue weighted by atomic mass is 9.76. The lowest BCUT2D eigenvalue weighted by Crippen LogP contribution is -2.53. The average Bonchev–Trinajstić information content (AvgIpc) is 1.45. The molecule has 12 rings (SSSR count). The number of fused-ring (bicyclic) bond motifs is 2. The van der Waals surface area contributed by atoms with Crippen molar-refractivity contribution in [1.29, 1.82) is 0 Å². The molecule has 0 aliphatic rings. The SMILES string of the molecule is COC(=O)[C@H](Cc1ccc(N)c2nccn12)NC(c1ccccc1)(c1ccccc1)c1ccccc1.COC(=O)[C@H](Cc1ccc(NC(=O)c2c(Cl)cncc2Cl)c2nccn12)NC(c1ccccc1)(c1ccccc1)c1ccccc1.O=C(Cl)c1c(Cl)cncc1Cl. The van der Waals surface area contributed by atoms with E-state index in [-0.39, 0.29) is 43.6 Å². The van der Waals surface area contributed by atoms with Gasteiger partial charge in [-0.15, -0.1) is 0 Å². The number of rotatable bonds is 19. The second-order valence-corrected chi connectivity index (χ2v) is 23.0. The maximum Gasteiger partial charge on any atom is 0.323 e. The summed E-state index contributed by atoms with van der Waals surface area (Å²) in [5.41, 5.74) is 14.4. The molecule has 6 aromatic carbocycles. The Morgan fingerprint density at radius 1 is 0.462 bits per heavy atom. The number of nitrogen functional groups attached to an aromatic ring is 1. The molecule has 5 N–H and O–H groups in total. The number of imidazole rings is 2. The second kappa shape index (κ2) is 30.6. The van der Waals surface area contributed by atoms with Gasteiger partial charge in [-0.2, -0.15) is 0 Å². The van der Waals surface area contributed by atoms with Crippen molar-refractivity contribution in [3.05, 3.63) is 332 Å². The third-order valence-electron chi connectivity index (χ3n) is 15.5. The van der Waals surface area contributed by atoms with Crippen LogP contribution in [0.25, 0.3) is 11.3 Å². The molecule has 93 heavy (non-hydrogen) atoms. The first kappa shape index (κ1) is 66.2. The fourth-order valence-corrected chi connectivity index (χ4v) is 12.6. The van der Waals surface area contributed by atoms with Crippen LogP contribution in [-0.2, 0) is 43.0 Å². The van der Waals surface area contributed by atoms with Gasteiger partial charge in [-0.1, -0.05) is 228 Å². The summed E-state index contributed by atoms with van der Waals surface area (Å²) in [5.74, 6) is -1.28. The second-order valence-electron chi connectivity index (χ2n) is 21.0. The highest BCUT2D eigenvalue weighted by molar-refractivity contribution is 6.69. The van der Waals surface area contributed by atoms with Gasteiger partial charge in [-0.05, 0) is 69.2 Å². The van der Waals surface area contributed by atoms with E-state index in [9.17, 15) is 19.2 Å². The summed E-state index contributed by atoms with van der Waals surface area (Å²) in [4.78, 5) is 67.1. The molecule has 0 aliphatic carbocycles. The van der Waals surface area contributed by atoms with Crippen LogP contribution in [0.4, 0.5) is 11.4 Å². The highest BCUT2D eigenvalue weighted by Crippen LogP contribution is 2.40. The Morgan fingerprint density at radius 3 is 1.12 bits per heavy atom. The molecule has 21 heteroatoms. The van der Waals surface area contributed by atoms with E-state index < -0.39 is 40.3 Å². The smallest absolute Gasteiger partial charge is 0.323 e. The molecular weight excluding hydrogens is 1280 g/mol. The van der Waals surface area contributed by atoms with Crippen molar-refractivity contribution >= 4 is 104 Å². The highest BCUT2D eigenvalue weighted by atomic mass is 35.5. The number of hydrogen-bond donors (Lipinski definition) is 4. The number of methoxy groups -OCH3 is 2. The number of benzene rings is 6. The van der Waals surface area contributed by atoms with E-state index in [1.165, 1.54) is 39.0 Å². The van der Waals surface area contributed by atoms with Gasteiger partial charge in [0.2, 0.25) is 0 Å². The average molecular weight is 1340 g/mol. The Balaban J connectivity index is 0.000000178. The quantitative estimate of drug-likeness (QED) is 0.0338. The summed E-state index contributed by atoms with van der Waals surface area (Å²) < 4.78 is 14.4. The molecule has 0 bridgehead atoms. The van der Waals surface area contributed by atoms with Gasteiger partial charge >= 0.3 is 11.9 Å². The Labute approximate surface area is 561 Å². The summed E-state index contributed by atoms with van der Waals surface area (Å²) in [6.07, 6.45) is 12.9. The van der Waals surface area contributed by atoms with Crippen molar-refractivity contribution in [3.8, 4) is 0 Å². The minimum absolute atomic E-state index is 0.102. The summed E-state index contributed by atoms with van der Waals surface area (Å²) in [6, 6.07) is 66.5.